The van der Waals surface area contributed by atoms with E-state index < -0.39 is 12.0 Å². The van der Waals surface area contributed by atoms with Gasteiger partial charge in [0.05, 0.1) is 12.8 Å². The first kappa shape index (κ1) is 22.7. The highest BCUT2D eigenvalue weighted by Gasteiger charge is 2.25. The number of benzene rings is 1. The number of methoxy groups -OCH3 is 1. The van der Waals surface area contributed by atoms with Gasteiger partial charge >= 0.3 is 5.97 Å². The highest BCUT2D eigenvalue weighted by Crippen LogP contribution is 2.24. The molecule has 0 unspecified atom stereocenters. The van der Waals surface area contributed by atoms with E-state index in [1.54, 1.807) is 4.52 Å². The van der Waals surface area contributed by atoms with Gasteiger partial charge in [-0.05, 0) is 43.9 Å². The highest BCUT2D eigenvalue weighted by atomic mass is 35.5. The van der Waals surface area contributed by atoms with E-state index in [4.69, 9.17) is 21.4 Å². The van der Waals surface area contributed by atoms with Gasteiger partial charge in [0.15, 0.2) is 5.65 Å². The van der Waals surface area contributed by atoms with Crippen molar-refractivity contribution >= 4 is 29.1 Å². The summed E-state index contributed by atoms with van der Waals surface area (Å²) in [5.74, 6) is -0.705. The predicted molar refractivity (Wildman–Crippen MR) is 120 cm³/mol. The second-order valence-corrected chi connectivity index (χ2v) is 8.32. The van der Waals surface area contributed by atoms with Gasteiger partial charge in [-0.15, -0.1) is 0 Å². The maximum absolute atomic E-state index is 12.5. The maximum atomic E-state index is 12.5. The van der Waals surface area contributed by atoms with Crippen molar-refractivity contribution in [2.24, 2.45) is 5.92 Å². The summed E-state index contributed by atoms with van der Waals surface area (Å²) >= 11 is 5.98. The quantitative estimate of drug-likeness (QED) is 0.560. The first-order valence-corrected chi connectivity index (χ1v) is 10.6. The Labute approximate surface area is 186 Å². The van der Waals surface area contributed by atoms with Crippen molar-refractivity contribution < 1.29 is 14.3 Å². The summed E-state index contributed by atoms with van der Waals surface area (Å²) in [5.41, 5.74) is 5.26. The van der Waals surface area contributed by atoms with Crippen LogP contribution in [0.15, 0.2) is 30.3 Å². The van der Waals surface area contributed by atoms with Gasteiger partial charge in [0.2, 0.25) is 5.91 Å². The summed E-state index contributed by atoms with van der Waals surface area (Å²) < 4.78 is 6.59. The molecule has 0 saturated carbocycles. The largest absolute Gasteiger partial charge is 0.467 e. The monoisotopic (exact) mass is 442 g/mol. The van der Waals surface area contributed by atoms with Crippen molar-refractivity contribution in [2.45, 2.75) is 46.6 Å². The molecule has 0 bridgehead atoms. The molecule has 164 valence electrons. The van der Waals surface area contributed by atoms with E-state index >= 15 is 0 Å². The molecular weight excluding hydrogens is 416 g/mol. The number of aromatic nitrogens is 3. The Hall–Kier alpha value is -2.93. The molecule has 0 spiro atoms. The minimum atomic E-state index is -0.659. The summed E-state index contributed by atoms with van der Waals surface area (Å²) in [6, 6.07) is 8.77. The molecule has 0 aliphatic carbocycles. The molecule has 8 heteroatoms. The molecule has 3 rings (SSSR count). The maximum Gasteiger partial charge on any atom is 0.328 e. The fourth-order valence-electron chi connectivity index (χ4n) is 3.56. The van der Waals surface area contributed by atoms with Crippen LogP contribution in [-0.4, -0.2) is 39.6 Å². The molecule has 0 aliphatic rings. The fourth-order valence-corrected chi connectivity index (χ4v) is 3.69. The van der Waals surface area contributed by atoms with Crippen LogP contribution in [0.3, 0.4) is 0 Å². The van der Waals surface area contributed by atoms with E-state index in [1.165, 1.54) is 7.11 Å². The lowest BCUT2D eigenvalue weighted by Gasteiger charge is -2.20. The third kappa shape index (κ3) is 5.05. The molecule has 0 fully saturated rings. The van der Waals surface area contributed by atoms with Gasteiger partial charge in [-0.2, -0.15) is 5.10 Å². The zero-order valence-electron chi connectivity index (χ0n) is 18.4. The van der Waals surface area contributed by atoms with Gasteiger partial charge in [0.1, 0.15) is 6.04 Å². The Kier molecular flexibility index (Phi) is 6.95. The lowest BCUT2D eigenvalue weighted by molar-refractivity contribution is -0.146. The number of fused-ring (bicyclic) bond motifs is 1. The lowest BCUT2D eigenvalue weighted by atomic mass is 10.0. The second kappa shape index (κ2) is 9.47. The number of esters is 1. The zero-order valence-corrected chi connectivity index (χ0v) is 19.2. The zero-order chi connectivity index (χ0) is 22.7. The van der Waals surface area contributed by atoms with Crippen molar-refractivity contribution in [3.8, 4) is 11.3 Å². The summed E-state index contributed by atoms with van der Waals surface area (Å²) in [4.78, 5) is 29.0. The van der Waals surface area contributed by atoms with Gasteiger partial charge in [-0.3, -0.25) is 4.79 Å². The normalized spacial score (nSPS) is 12.2. The highest BCUT2D eigenvalue weighted by molar-refractivity contribution is 6.30. The number of hydrogen-bond acceptors (Lipinski definition) is 5. The van der Waals surface area contributed by atoms with Crippen molar-refractivity contribution in [2.75, 3.05) is 7.11 Å². The summed E-state index contributed by atoms with van der Waals surface area (Å²) in [7, 11) is 1.32. The van der Waals surface area contributed by atoms with Crippen molar-refractivity contribution in [1.29, 1.82) is 0 Å². The minimum Gasteiger partial charge on any atom is -0.467 e. The molecule has 0 radical (unpaired) electrons. The molecule has 1 atom stereocenters. The van der Waals surface area contributed by atoms with Crippen LogP contribution in [0.2, 0.25) is 5.02 Å². The summed E-state index contributed by atoms with van der Waals surface area (Å²) in [5, 5.41) is 8.14. The Morgan fingerprint density at radius 1 is 1.19 bits per heavy atom. The Morgan fingerprint density at radius 2 is 1.87 bits per heavy atom. The number of halogens is 1. The van der Waals surface area contributed by atoms with Crippen molar-refractivity contribution in [1.82, 2.24) is 19.9 Å². The van der Waals surface area contributed by atoms with Crippen LogP contribution in [-0.2, 0) is 20.7 Å². The molecule has 3 aromatic rings. The van der Waals surface area contributed by atoms with Crippen LogP contribution in [0.1, 0.15) is 37.2 Å². The Morgan fingerprint density at radius 3 is 2.48 bits per heavy atom. The number of aryl methyl sites for hydroxylation is 2. The Balaban J connectivity index is 1.80. The van der Waals surface area contributed by atoms with Gasteiger partial charge in [-0.1, -0.05) is 37.6 Å². The average Bonchev–Trinajstić information content (AvgIpc) is 3.15. The van der Waals surface area contributed by atoms with Gasteiger partial charge in [-0.25, -0.2) is 14.3 Å². The SMILES string of the molecule is COC(=O)[C@@H](NC(=O)CCc1c(C)nc2cc(-c3ccc(Cl)cc3)nn2c1C)C(C)C. The van der Waals surface area contributed by atoms with Crippen LogP contribution in [0, 0.1) is 19.8 Å². The van der Waals surface area contributed by atoms with Crippen LogP contribution in [0.4, 0.5) is 0 Å². The van der Waals surface area contributed by atoms with Gasteiger partial charge in [0.25, 0.3) is 0 Å². The smallest absolute Gasteiger partial charge is 0.328 e. The summed E-state index contributed by atoms with van der Waals surface area (Å²) in [6.07, 6.45) is 0.731. The number of hydrogen-bond donors (Lipinski definition) is 1. The van der Waals surface area contributed by atoms with Crippen molar-refractivity contribution in [3.63, 3.8) is 0 Å². The van der Waals surface area contributed by atoms with E-state index in [0.29, 0.717) is 11.4 Å². The standard InChI is InChI=1S/C23H27ClN4O3/c1-13(2)22(23(30)31-5)26-21(29)11-10-18-14(3)25-20-12-19(27-28(20)15(18)4)16-6-8-17(24)9-7-16/h6-9,12-13,22H,10-11H2,1-5H3,(H,26,29)/t22-/m0/s1. The first-order valence-electron chi connectivity index (χ1n) is 10.2. The predicted octanol–water partition coefficient (Wildman–Crippen LogP) is 3.91. The molecule has 31 heavy (non-hydrogen) atoms. The fraction of sp³-hybridized carbons (Fsp3) is 0.391. The molecule has 0 aliphatic heterocycles. The topological polar surface area (TPSA) is 85.6 Å². The minimum absolute atomic E-state index is 0.0618. The van der Waals surface area contributed by atoms with Crippen LogP contribution < -0.4 is 5.32 Å². The van der Waals surface area contributed by atoms with E-state index in [1.807, 2.05) is 58.0 Å². The Bertz CT molecular complexity index is 1110. The van der Waals surface area contributed by atoms with E-state index in [9.17, 15) is 9.59 Å². The van der Waals surface area contributed by atoms with Gasteiger partial charge < -0.3 is 10.1 Å². The van der Waals surface area contributed by atoms with E-state index in [0.717, 1.165) is 33.9 Å². The molecule has 7 nitrogen and oxygen atoms in total. The molecule has 2 heterocycles. The lowest BCUT2D eigenvalue weighted by Crippen LogP contribution is -2.45. The van der Waals surface area contributed by atoms with Crippen molar-refractivity contribution in [3.05, 3.63) is 52.3 Å². The number of rotatable bonds is 7. The van der Waals surface area contributed by atoms with Crippen LogP contribution in [0.5, 0.6) is 0 Å². The molecule has 1 N–H and O–H groups in total. The van der Waals surface area contributed by atoms with E-state index in [2.05, 4.69) is 10.3 Å². The molecule has 0 saturated heterocycles. The summed E-state index contributed by atoms with van der Waals surface area (Å²) in [6.45, 7) is 7.63. The number of ether oxygens (including phenoxy) is 1. The number of carbonyl (C=O) groups excluding carboxylic acids is 2. The number of nitrogens with zero attached hydrogens (tertiary/aromatic N) is 3. The first-order chi connectivity index (χ1) is 14.7. The molecule has 2 aromatic heterocycles. The molecular formula is C23H27ClN4O3. The molecule has 1 amide bonds. The average molecular weight is 443 g/mol. The van der Waals surface area contributed by atoms with E-state index in [-0.39, 0.29) is 18.2 Å². The third-order valence-corrected chi connectivity index (χ3v) is 5.60. The van der Waals surface area contributed by atoms with Gasteiger partial charge in [0, 0.05) is 34.5 Å². The van der Waals surface area contributed by atoms with Crippen LogP contribution >= 0.6 is 11.6 Å². The van der Waals surface area contributed by atoms with Crippen LogP contribution in [0.25, 0.3) is 16.9 Å². The third-order valence-electron chi connectivity index (χ3n) is 5.34. The number of nitrogens with one attached hydrogen (secondary N) is 1. The second-order valence-electron chi connectivity index (χ2n) is 7.88. The number of carbonyl (C=O) groups is 2. The molecule has 1 aromatic carbocycles. The number of amides is 1.